The highest BCUT2D eigenvalue weighted by atomic mass is 16.4. The van der Waals surface area contributed by atoms with E-state index in [1.807, 2.05) is 18.7 Å². The van der Waals surface area contributed by atoms with Gasteiger partial charge in [0.2, 0.25) is 0 Å². The second kappa shape index (κ2) is 2.58. The van der Waals surface area contributed by atoms with Crippen LogP contribution in [0.1, 0.15) is 20.3 Å². The molecule has 1 heterocycles. The van der Waals surface area contributed by atoms with Crippen LogP contribution >= 0.6 is 0 Å². The molecule has 58 valence electrons. The summed E-state index contributed by atoms with van der Waals surface area (Å²) >= 11 is 0. The number of carboxylic acid groups (broad SMARTS) is 1. The Morgan fingerprint density at radius 1 is 1.70 bits per heavy atom. The molecule has 1 rings (SSSR count). The van der Waals surface area contributed by atoms with E-state index in [4.69, 9.17) is 5.11 Å². The highest BCUT2D eigenvalue weighted by Gasteiger charge is 2.35. The lowest BCUT2D eigenvalue weighted by molar-refractivity contribution is -0.149. The highest BCUT2D eigenvalue weighted by Crippen LogP contribution is 2.19. The van der Waals surface area contributed by atoms with Gasteiger partial charge in [0, 0.05) is 12.6 Å². The minimum atomic E-state index is -0.681. The van der Waals surface area contributed by atoms with E-state index in [0.29, 0.717) is 6.04 Å². The lowest BCUT2D eigenvalue weighted by Crippen LogP contribution is -2.55. The zero-order valence-electron chi connectivity index (χ0n) is 6.37. The Morgan fingerprint density at radius 3 is 2.40 bits per heavy atom. The van der Waals surface area contributed by atoms with Gasteiger partial charge in [-0.15, -0.1) is 0 Å². The van der Waals surface area contributed by atoms with Gasteiger partial charge in [-0.3, -0.25) is 9.69 Å². The molecule has 0 aromatic carbocycles. The van der Waals surface area contributed by atoms with E-state index in [9.17, 15) is 4.79 Å². The van der Waals surface area contributed by atoms with Crippen LogP contribution in [-0.4, -0.2) is 34.6 Å². The fourth-order valence-corrected chi connectivity index (χ4v) is 1.29. The van der Waals surface area contributed by atoms with Gasteiger partial charge in [-0.05, 0) is 20.3 Å². The molecule has 3 nitrogen and oxygen atoms in total. The summed E-state index contributed by atoms with van der Waals surface area (Å²) in [6, 6.07) is 0.162. The molecule has 1 atom stereocenters. The Balaban J connectivity index is 2.43. The molecule has 0 aliphatic carbocycles. The standard InChI is InChI=1S/C7H13NO2/c1-5(2)8-4-3-6(8)7(9)10/h5-6H,3-4H2,1-2H3,(H,9,10). The van der Waals surface area contributed by atoms with E-state index < -0.39 is 5.97 Å². The summed E-state index contributed by atoms with van der Waals surface area (Å²) in [7, 11) is 0. The SMILES string of the molecule is CC(C)N1CCC1C(=O)O. The third kappa shape index (κ3) is 1.14. The first kappa shape index (κ1) is 7.54. The van der Waals surface area contributed by atoms with Crippen molar-refractivity contribution in [2.45, 2.75) is 32.4 Å². The topological polar surface area (TPSA) is 40.5 Å². The Hall–Kier alpha value is -0.570. The summed E-state index contributed by atoms with van der Waals surface area (Å²) in [5, 5.41) is 8.61. The number of likely N-dealkylation sites (tertiary alicyclic amines) is 1. The molecule has 0 bridgehead atoms. The monoisotopic (exact) mass is 143 g/mol. The molecule has 0 aromatic heterocycles. The Bertz CT molecular complexity index is 145. The van der Waals surface area contributed by atoms with E-state index in [1.54, 1.807) is 0 Å². The molecule has 1 aliphatic rings. The molecular formula is C7H13NO2. The average molecular weight is 143 g/mol. The third-order valence-electron chi connectivity index (χ3n) is 2.01. The lowest BCUT2D eigenvalue weighted by atomic mass is 10.0. The number of hydrogen-bond donors (Lipinski definition) is 1. The zero-order valence-corrected chi connectivity index (χ0v) is 6.37. The van der Waals surface area contributed by atoms with E-state index in [1.165, 1.54) is 0 Å². The van der Waals surface area contributed by atoms with Gasteiger partial charge < -0.3 is 5.11 Å². The van der Waals surface area contributed by atoms with Crippen molar-refractivity contribution in [3.8, 4) is 0 Å². The molecule has 1 N–H and O–H groups in total. The molecule has 0 amide bonds. The van der Waals surface area contributed by atoms with Crippen LogP contribution in [0, 0.1) is 0 Å². The maximum absolute atomic E-state index is 10.5. The summed E-state index contributed by atoms with van der Waals surface area (Å²) in [6.45, 7) is 4.98. The minimum Gasteiger partial charge on any atom is -0.480 e. The summed E-state index contributed by atoms with van der Waals surface area (Å²) in [6.07, 6.45) is 0.813. The normalized spacial score (nSPS) is 26.5. The molecule has 3 heteroatoms. The summed E-state index contributed by atoms with van der Waals surface area (Å²) in [4.78, 5) is 12.4. The van der Waals surface area contributed by atoms with Crippen molar-refractivity contribution < 1.29 is 9.90 Å². The van der Waals surface area contributed by atoms with Crippen molar-refractivity contribution in [1.29, 1.82) is 0 Å². The summed E-state index contributed by atoms with van der Waals surface area (Å²) in [5.74, 6) is -0.681. The first-order valence-electron chi connectivity index (χ1n) is 3.61. The maximum Gasteiger partial charge on any atom is 0.320 e. The average Bonchev–Trinajstić information content (AvgIpc) is 1.56. The van der Waals surface area contributed by atoms with Crippen molar-refractivity contribution in [2.24, 2.45) is 0 Å². The van der Waals surface area contributed by atoms with Crippen LogP contribution in [0.3, 0.4) is 0 Å². The molecule has 0 saturated carbocycles. The smallest absolute Gasteiger partial charge is 0.320 e. The van der Waals surface area contributed by atoms with E-state index >= 15 is 0 Å². The fraction of sp³-hybridized carbons (Fsp3) is 0.857. The molecule has 10 heavy (non-hydrogen) atoms. The van der Waals surface area contributed by atoms with Crippen molar-refractivity contribution in [3.05, 3.63) is 0 Å². The van der Waals surface area contributed by atoms with Gasteiger partial charge in [0.05, 0.1) is 0 Å². The predicted molar refractivity (Wildman–Crippen MR) is 37.9 cm³/mol. The van der Waals surface area contributed by atoms with Gasteiger partial charge in [-0.25, -0.2) is 0 Å². The fourth-order valence-electron chi connectivity index (χ4n) is 1.29. The Labute approximate surface area is 60.6 Å². The summed E-state index contributed by atoms with van der Waals surface area (Å²) < 4.78 is 0. The molecule has 0 aromatic rings. The van der Waals surface area contributed by atoms with Crippen LogP contribution in [0.15, 0.2) is 0 Å². The largest absolute Gasteiger partial charge is 0.480 e. The molecule has 1 fully saturated rings. The molecule has 1 unspecified atom stereocenters. The van der Waals surface area contributed by atoms with Crippen molar-refractivity contribution in [3.63, 3.8) is 0 Å². The first-order chi connectivity index (χ1) is 4.63. The van der Waals surface area contributed by atoms with Crippen LogP contribution in [0.2, 0.25) is 0 Å². The number of carbonyl (C=O) groups is 1. The number of rotatable bonds is 2. The van der Waals surface area contributed by atoms with Crippen LogP contribution in [0.25, 0.3) is 0 Å². The van der Waals surface area contributed by atoms with Crippen LogP contribution in [0.5, 0.6) is 0 Å². The van der Waals surface area contributed by atoms with Crippen LogP contribution < -0.4 is 0 Å². The highest BCUT2D eigenvalue weighted by molar-refractivity contribution is 5.74. The molecular weight excluding hydrogens is 130 g/mol. The number of aliphatic carboxylic acids is 1. The number of carboxylic acids is 1. The van der Waals surface area contributed by atoms with E-state index in [2.05, 4.69) is 0 Å². The lowest BCUT2D eigenvalue weighted by Gasteiger charge is -2.40. The zero-order chi connectivity index (χ0) is 7.72. The number of nitrogens with zero attached hydrogens (tertiary/aromatic N) is 1. The van der Waals surface area contributed by atoms with Crippen molar-refractivity contribution in [2.75, 3.05) is 6.54 Å². The molecule has 0 spiro atoms. The quantitative estimate of drug-likeness (QED) is 0.613. The van der Waals surface area contributed by atoms with Crippen molar-refractivity contribution >= 4 is 5.97 Å². The second-order valence-electron chi connectivity index (χ2n) is 2.97. The van der Waals surface area contributed by atoms with Gasteiger partial charge in [-0.2, -0.15) is 0 Å². The number of hydrogen-bond acceptors (Lipinski definition) is 2. The third-order valence-corrected chi connectivity index (χ3v) is 2.01. The Morgan fingerprint density at radius 2 is 2.30 bits per heavy atom. The Kier molecular flexibility index (Phi) is 1.94. The van der Waals surface area contributed by atoms with E-state index in [0.717, 1.165) is 13.0 Å². The predicted octanol–water partition coefficient (Wildman–Crippen LogP) is 0.554. The van der Waals surface area contributed by atoms with Gasteiger partial charge >= 0.3 is 5.97 Å². The van der Waals surface area contributed by atoms with Gasteiger partial charge in [-0.1, -0.05) is 0 Å². The summed E-state index contributed by atoms with van der Waals surface area (Å²) in [5.41, 5.74) is 0. The van der Waals surface area contributed by atoms with Crippen LogP contribution in [0.4, 0.5) is 0 Å². The van der Waals surface area contributed by atoms with Crippen LogP contribution in [-0.2, 0) is 4.79 Å². The van der Waals surface area contributed by atoms with Gasteiger partial charge in [0.15, 0.2) is 0 Å². The second-order valence-corrected chi connectivity index (χ2v) is 2.97. The maximum atomic E-state index is 10.5. The van der Waals surface area contributed by atoms with E-state index in [-0.39, 0.29) is 6.04 Å². The van der Waals surface area contributed by atoms with Gasteiger partial charge in [0.1, 0.15) is 6.04 Å². The first-order valence-corrected chi connectivity index (χ1v) is 3.61. The molecule has 0 radical (unpaired) electrons. The molecule has 1 saturated heterocycles. The minimum absolute atomic E-state index is 0.208. The molecule has 1 aliphatic heterocycles. The van der Waals surface area contributed by atoms with Gasteiger partial charge in [0.25, 0.3) is 0 Å². The van der Waals surface area contributed by atoms with Crippen molar-refractivity contribution in [1.82, 2.24) is 4.90 Å².